The minimum absolute atomic E-state index is 0.0370. The Hall–Kier alpha value is -0.160. The molecule has 1 unspecified atom stereocenters. The molecular weight excluding hydrogens is 184 g/mol. The second-order valence-corrected chi connectivity index (χ2v) is 3.89. The van der Waals surface area contributed by atoms with Crippen molar-refractivity contribution in [2.24, 2.45) is 11.8 Å². The molecule has 4 N–H and O–H groups in total. The van der Waals surface area contributed by atoms with Gasteiger partial charge < -0.3 is 20.4 Å². The Morgan fingerprint density at radius 3 is 1.36 bits per heavy atom. The number of rotatable bonds is 4. The smallest absolute Gasteiger partial charge is 0.153 e. The van der Waals surface area contributed by atoms with E-state index in [0.29, 0.717) is 12.3 Å². The lowest BCUT2D eigenvalue weighted by molar-refractivity contribution is -0.0731. The molecule has 0 aliphatic rings. The third kappa shape index (κ3) is 14.4. The van der Waals surface area contributed by atoms with E-state index < -0.39 is 12.6 Å². The van der Waals surface area contributed by atoms with Crippen LogP contribution in [-0.2, 0) is 0 Å². The maximum atomic E-state index is 8.41. The van der Waals surface area contributed by atoms with Crippen LogP contribution in [0.4, 0.5) is 0 Å². The van der Waals surface area contributed by atoms with E-state index in [2.05, 4.69) is 0 Å². The van der Waals surface area contributed by atoms with Crippen molar-refractivity contribution in [3.05, 3.63) is 0 Å². The molecule has 0 saturated carbocycles. The first-order chi connectivity index (χ1) is 6.31. The van der Waals surface area contributed by atoms with E-state index in [-0.39, 0.29) is 5.92 Å². The van der Waals surface area contributed by atoms with Gasteiger partial charge in [-0.15, -0.1) is 0 Å². The first kappa shape index (κ1) is 16.3. The Morgan fingerprint density at radius 2 is 1.29 bits per heavy atom. The van der Waals surface area contributed by atoms with Crippen LogP contribution >= 0.6 is 0 Å². The standard InChI is InChI=1S/C6H14O2.C4H10O2/c1-3-5(2)4-6(7)8;1-3(2)4(5)6/h5-8H,3-4H2,1-2H3;3-6H,1-2H3. The highest BCUT2D eigenvalue weighted by molar-refractivity contribution is 4.49. The quantitative estimate of drug-likeness (QED) is 0.512. The largest absolute Gasteiger partial charge is 0.368 e. The molecule has 0 amide bonds. The summed E-state index contributed by atoms with van der Waals surface area (Å²) in [6.45, 7) is 7.52. The lowest BCUT2D eigenvalue weighted by atomic mass is 10.1. The zero-order valence-electron chi connectivity index (χ0n) is 9.51. The molecule has 4 nitrogen and oxygen atoms in total. The molecular formula is C10H24O4. The van der Waals surface area contributed by atoms with Gasteiger partial charge in [0.15, 0.2) is 12.6 Å². The molecule has 0 aromatic heterocycles. The van der Waals surface area contributed by atoms with Gasteiger partial charge in [0, 0.05) is 12.3 Å². The van der Waals surface area contributed by atoms with Crippen LogP contribution in [-0.4, -0.2) is 33.0 Å². The van der Waals surface area contributed by atoms with Gasteiger partial charge in [-0.1, -0.05) is 34.1 Å². The Balaban J connectivity index is 0. The molecule has 0 aliphatic heterocycles. The van der Waals surface area contributed by atoms with Crippen LogP contribution in [0.5, 0.6) is 0 Å². The fourth-order valence-electron chi connectivity index (χ4n) is 0.527. The zero-order chi connectivity index (χ0) is 11.7. The highest BCUT2D eigenvalue weighted by Gasteiger charge is 2.02. The molecule has 88 valence electrons. The van der Waals surface area contributed by atoms with Crippen molar-refractivity contribution in [2.75, 3.05) is 0 Å². The molecule has 0 heterocycles. The minimum atomic E-state index is -1.15. The molecule has 4 heteroatoms. The summed E-state index contributed by atoms with van der Waals surface area (Å²) in [5.41, 5.74) is 0. The summed E-state index contributed by atoms with van der Waals surface area (Å²) in [5, 5.41) is 33.2. The van der Waals surface area contributed by atoms with E-state index in [1.807, 2.05) is 13.8 Å². The molecule has 14 heavy (non-hydrogen) atoms. The SMILES string of the molecule is CC(C)C(O)O.CCC(C)CC(O)O. The van der Waals surface area contributed by atoms with Gasteiger partial charge in [0.05, 0.1) is 0 Å². The minimum Gasteiger partial charge on any atom is -0.368 e. The summed E-state index contributed by atoms with van der Waals surface area (Å²) in [6, 6.07) is 0. The van der Waals surface area contributed by atoms with E-state index in [4.69, 9.17) is 20.4 Å². The van der Waals surface area contributed by atoms with Crippen LogP contribution in [0.3, 0.4) is 0 Å². The number of aliphatic hydroxyl groups is 4. The predicted molar refractivity (Wildman–Crippen MR) is 55.4 cm³/mol. The summed E-state index contributed by atoms with van der Waals surface area (Å²) in [4.78, 5) is 0. The normalized spacial score (nSPS) is 13.1. The third-order valence-electron chi connectivity index (χ3n) is 1.91. The molecule has 0 aromatic carbocycles. The van der Waals surface area contributed by atoms with Gasteiger partial charge >= 0.3 is 0 Å². The average Bonchev–Trinajstić information content (AvgIpc) is 2.04. The number of aliphatic hydroxyl groups excluding tert-OH is 2. The summed E-state index contributed by atoms with van der Waals surface area (Å²) < 4.78 is 0. The van der Waals surface area contributed by atoms with Gasteiger partial charge in [-0.2, -0.15) is 0 Å². The van der Waals surface area contributed by atoms with Gasteiger partial charge in [0.25, 0.3) is 0 Å². The second-order valence-electron chi connectivity index (χ2n) is 3.89. The van der Waals surface area contributed by atoms with E-state index in [9.17, 15) is 0 Å². The highest BCUT2D eigenvalue weighted by atomic mass is 16.5. The monoisotopic (exact) mass is 208 g/mol. The maximum absolute atomic E-state index is 8.41. The van der Waals surface area contributed by atoms with E-state index in [1.165, 1.54) is 0 Å². The van der Waals surface area contributed by atoms with Gasteiger partial charge in [0.1, 0.15) is 0 Å². The third-order valence-corrected chi connectivity index (χ3v) is 1.91. The molecule has 0 spiro atoms. The Morgan fingerprint density at radius 1 is 0.929 bits per heavy atom. The van der Waals surface area contributed by atoms with Gasteiger partial charge in [0.2, 0.25) is 0 Å². The fraction of sp³-hybridized carbons (Fsp3) is 1.00. The van der Waals surface area contributed by atoms with Crippen LogP contribution in [0.25, 0.3) is 0 Å². The van der Waals surface area contributed by atoms with Gasteiger partial charge in [-0.3, -0.25) is 0 Å². The number of hydrogen-bond donors (Lipinski definition) is 4. The molecule has 0 aliphatic carbocycles. The molecule has 0 rings (SSSR count). The van der Waals surface area contributed by atoms with Crippen LogP contribution < -0.4 is 0 Å². The van der Waals surface area contributed by atoms with Crippen molar-refractivity contribution in [3.8, 4) is 0 Å². The second kappa shape index (κ2) is 9.40. The summed E-state index contributed by atoms with van der Waals surface area (Å²) in [6.07, 6.45) is -0.761. The van der Waals surface area contributed by atoms with Crippen LogP contribution in [0.1, 0.15) is 40.5 Å². The molecule has 0 saturated heterocycles. The Kier molecular flexibility index (Phi) is 10.9. The molecule has 0 aromatic rings. The van der Waals surface area contributed by atoms with Gasteiger partial charge in [-0.25, -0.2) is 0 Å². The van der Waals surface area contributed by atoms with Gasteiger partial charge in [-0.05, 0) is 5.92 Å². The van der Waals surface area contributed by atoms with Crippen LogP contribution in [0, 0.1) is 11.8 Å². The van der Waals surface area contributed by atoms with Crippen molar-refractivity contribution < 1.29 is 20.4 Å². The van der Waals surface area contributed by atoms with Crippen molar-refractivity contribution in [1.29, 1.82) is 0 Å². The summed E-state index contributed by atoms with van der Waals surface area (Å²) >= 11 is 0. The highest BCUT2D eigenvalue weighted by Crippen LogP contribution is 2.07. The molecule has 0 radical (unpaired) electrons. The summed E-state index contributed by atoms with van der Waals surface area (Å²) in [7, 11) is 0. The lowest BCUT2D eigenvalue weighted by Crippen LogP contribution is -2.11. The Bertz CT molecular complexity index is 107. The topological polar surface area (TPSA) is 80.9 Å². The van der Waals surface area contributed by atoms with Crippen molar-refractivity contribution >= 4 is 0 Å². The molecule has 0 bridgehead atoms. The Labute approximate surface area is 86.2 Å². The van der Waals surface area contributed by atoms with E-state index in [1.54, 1.807) is 13.8 Å². The van der Waals surface area contributed by atoms with E-state index in [0.717, 1.165) is 6.42 Å². The zero-order valence-corrected chi connectivity index (χ0v) is 9.51. The first-order valence-corrected chi connectivity index (χ1v) is 5.03. The number of hydrogen-bond acceptors (Lipinski definition) is 4. The fourth-order valence-corrected chi connectivity index (χ4v) is 0.527. The molecule has 1 atom stereocenters. The van der Waals surface area contributed by atoms with Crippen molar-refractivity contribution in [2.45, 2.75) is 53.1 Å². The maximum Gasteiger partial charge on any atom is 0.153 e. The molecule has 0 fully saturated rings. The average molecular weight is 208 g/mol. The van der Waals surface area contributed by atoms with E-state index >= 15 is 0 Å². The lowest BCUT2D eigenvalue weighted by Gasteiger charge is -2.08. The van der Waals surface area contributed by atoms with Crippen LogP contribution in [0.2, 0.25) is 0 Å². The summed E-state index contributed by atoms with van der Waals surface area (Å²) in [5.74, 6) is 0.389. The van der Waals surface area contributed by atoms with Crippen molar-refractivity contribution in [3.63, 3.8) is 0 Å². The van der Waals surface area contributed by atoms with Crippen molar-refractivity contribution in [1.82, 2.24) is 0 Å². The predicted octanol–water partition coefficient (Wildman–Crippen LogP) is 0.686. The van der Waals surface area contributed by atoms with Crippen LogP contribution in [0.15, 0.2) is 0 Å². The first-order valence-electron chi connectivity index (χ1n) is 5.03.